The van der Waals surface area contributed by atoms with Gasteiger partial charge in [-0.2, -0.15) is 0 Å². The summed E-state index contributed by atoms with van der Waals surface area (Å²) >= 11 is 0. The van der Waals surface area contributed by atoms with E-state index in [9.17, 15) is 13.9 Å². The minimum atomic E-state index is -0.884. The zero-order valence-electron chi connectivity index (χ0n) is 8.14. The number of aliphatic hydroxyl groups excluding tert-OH is 1. The number of halogens is 2. The topological polar surface area (TPSA) is 32.3 Å². The molecule has 14 heavy (non-hydrogen) atoms. The third-order valence-corrected chi connectivity index (χ3v) is 2.11. The molecule has 1 aromatic rings. The zero-order valence-corrected chi connectivity index (χ0v) is 8.14. The standard InChI is InChI=1S/C10H13F2NO/c1-6-8(10(14)5-13-2)3-7(11)4-9(6)12/h3-4,10,13-14H,5H2,1-2H3. The van der Waals surface area contributed by atoms with Crippen molar-refractivity contribution in [1.29, 1.82) is 0 Å². The molecular formula is C10H13F2NO. The molecule has 78 valence electrons. The molecule has 0 heterocycles. The summed E-state index contributed by atoms with van der Waals surface area (Å²) in [4.78, 5) is 0. The van der Waals surface area contributed by atoms with Gasteiger partial charge in [0.1, 0.15) is 11.6 Å². The first-order chi connectivity index (χ1) is 6.56. The third-order valence-electron chi connectivity index (χ3n) is 2.11. The Labute approximate surface area is 81.6 Å². The van der Waals surface area contributed by atoms with Crippen molar-refractivity contribution in [3.05, 3.63) is 34.9 Å². The Morgan fingerprint density at radius 1 is 1.43 bits per heavy atom. The van der Waals surface area contributed by atoms with E-state index in [-0.39, 0.29) is 17.7 Å². The highest BCUT2D eigenvalue weighted by atomic mass is 19.1. The van der Waals surface area contributed by atoms with Crippen LogP contribution in [0, 0.1) is 18.6 Å². The molecular weight excluding hydrogens is 188 g/mol. The molecule has 0 aliphatic rings. The van der Waals surface area contributed by atoms with E-state index in [0.29, 0.717) is 0 Å². The Hall–Kier alpha value is -1.00. The minimum absolute atomic E-state index is 0.268. The maximum absolute atomic E-state index is 13.1. The molecule has 0 bridgehead atoms. The van der Waals surface area contributed by atoms with Gasteiger partial charge in [0.25, 0.3) is 0 Å². The van der Waals surface area contributed by atoms with E-state index in [2.05, 4.69) is 5.32 Å². The third kappa shape index (κ3) is 2.27. The summed E-state index contributed by atoms with van der Waals surface area (Å²) in [6.07, 6.45) is -0.884. The first-order valence-electron chi connectivity index (χ1n) is 4.34. The van der Waals surface area contributed by atoms with Crippen LogP contribution in [0.3, 0.4) is 0 Å². The summed E-state index contributed by atoms with van der Waals surface area (Å²) in [6, 6.07) is 1.96. The van der Waals surface area contributed by atoms with E-state index in [0.717, 1.165) is 12.1 Å². The molecule has 4 heteroatoms. The number of hydrogen-bond acceptors (Lipinski definition) is 2. The van der Waals surface area contributed by atoms with Crippen LogP contribution in [0.5, 0.6) is 0 Å². The van der Waals surface area contributed by atoms with Crippen molar-refractivity contribution in [1.82, 2.24) is 5.32 Å². The average molecular weight is 201 g/mol. The van der Waals surface area contributed by atoms with Crippen LogP contribution in [0.25, 0.3) is 0 Å². The second-order valence-corrected chi connectivity index (χ2v) is 3.18. The Balaban J connectivity index is 3.07. The molecule has 0 radical (unpaired) electrons. The smallest absolute Gasteiger partial charge is 0.129 e. The molecule has 0 spiro atoms. The molecule has 0 saturated heterocycles. The van der Waals surface area contributed by atoms with Gasteiger partial charge in [0.05, 0.1) is 6.10 Å². The van der Waals surface area contributed by atoms with Gasteiger partial charge in [-0.15, -0.1) is 0 Å². The monoisotopic (exact) mass is 201 g/mol. The molecule has 0 aliphatic heterocycles. The maximum atomic E-state index is 13.1. The number of aliphatic hydroxyl groups is 1. The SMILES string of the molecule is CNCC(O)c1cc(F)cc(F)c1C. The largest absolute Gasteiger partial charge is 0.387 e. The summed E-state index contributed by atoms with van der Waals surface area (Å²) in [5.74, 6) is -1.30. The van der Waals surface area contributed by atoms with E-state index in [4.69, 9.17) is 0 Å². The van der Waals surface area contributed by atoms with Crippen molar-refractivity contribution in [3.8, 4) is 0 Å². The fraction of sp³-hybridized carbons (Fsp3) is 0.400. The fourth-order valence-electron chi connectivity index (χ4n) is 1.32. The van der Waals surface area contributed by atoms with Crippen LogP contribution in [0.2, 0.25) is 0 Å². The summed E-state index contributed by atoms with van der Waals surface area (Å²) < 4.78 is 25.9. The molecule has 2 nitrogen and oxygen atoms in total. The Bertz CT molecular complexity index is 328. The van der Waals surface area contributed by atoms with Crippen molar-refractivity contribution >= 4 is 0 Å². The van der Waals surface area contributed by atoms with Crippen LogP contribution >= 0.6 is 0 Å². The highest BCUT2D eigenvalue weighted by Crippen LogP contribution is 2.21. The second-order valence-electron chi connectivity index (χ2n) is 3.18. The molecule has 0 amide bonds. The number of hydrogen-bond donors (Lipinski definition) is 2. The number of benzene rings is 1. The Morgan fingerprint density at radius 2 is 2.07 bits per heavy atom. The Morgan fingerprint density at radius 3 is 2.64 bits per heavy atom. The van der Waals surface area contributed by atoms with Gasteiger partial charge in [-0.1, -0.05) is 0 Å². The van der Waals surface area contributed by atoms with Crippen molar-refractivity contribution in [2.24, 2.45) is 0 Å². The van der Waals surface area contributed by atoms with Crippen molar-refractivity contribution in [2.75, 3.05) is 13.6 Å². The number of nitrogens with one attached hydrogen (secondary N) is 1. The summed E-state index contributed by atoms with van der Waals surface area (Å²) in [7, 11) is 1.66. The lowest BCUT2D eigenvalue weighted by atomic mass is 10.0. The summed E-state index contributed by atoms with van der Waals surface area (Å²) in [6.45, 7) is 1.78. The lowest BCUT2D eigenvalue weighted by Crippen LogP contribution is -2.18. The molecule has 1 rings (SSSR count). The van der Waals surface area contributed by atoms with Crippen LogP contribution in [-0.4, -0.2) is 18.7 Å². The van der Waals surface area contributed by atoms with Gasteiger partial charge >= 0.3 is 0 Å². The lowest BCUT2D eigenvalue weighted by Gasteiger charge is -2.13. The van der Waals surface area contributed by atoms with Crippen LogP contribution < -0.4 is 5.32 Å². The Kier molecular flexibility index (Phi) is 3.55. The number of likely N-dealkylation sites (N-methyl/N-ethyl adjacent to an activating group) is 1. The van der Waals surface area contributed by atoms with E-state index in [1.807, 2.05) is 0 Å². The maximum Gasteiger partial charge on any atom is 0.129 e. The fourth-order valence-corrected chi connectivity index (χ4v) is 1.32. The molecule has 0 aliphatic carbocycles. The molecule has 0 fully saturated rings. The molecule has 0 aromatic heterocycles. The zero-order chi connectivity index (χ0) is 10.7. The van der Waals surface area contributed by atoms with Gasteiger partial charge in [0.15, 0.2) is 0 Å². The van der Waals surface area contributed by atoms with E-state index in [1.54, 1.807) is 7.05 Å². The van der Waals surface area contributed by atoms with Gasteiger partial charge < -0.3 is 10.4 Å². The summed E-state index contributed by atoms with van der Waals surface area (Å²) in [5, 5.41) is 12.3. The molecule has 1 aromatic carbocycles. The highest BCUT2D eigenvalue weighted by molar-refractivity contribution is 5.30. The van der Waals surface area contributed by atoms with Crippen LogP contribution in [0.1, 0.15) is 17.2 Å². The van der Waals surface area contributed by atoms with Gasteiger partial charge in [-0.25, -0.2) is 8.78 Å². The first kappa shape index (κ1) is 11.1. The van der Waals surface area contributed by atoms with Crippen LogP contribution in [0.15, 0.2) is 12.1 Å². The van der Waals surface area contributed by atoms with E-state index in [1.165, 1.54) is 6.92 Å². The molecule has 1 atom stereocenters. The van der Waals surface area contributed by atoms with Gasteiger partial charge in [-0.05, 0) is 31.2 Å². The van der Waals surface area contributed by atoms with E-state index < -0.39 is 17.7 Å². The number of rotatable bonds is 3. The predicted octanol–water partition coefficient (Wildman–Crippen LogP) is 1.53. The predicted molar refractivity (Wildman–Crippen MR) is 50.0 cm³/mol. The summed E-state index contributed by atoms with van der Waals surface area (Å²) in [5.41, 5.74) is 0.575. The van der Waals surface area contributed by atoms with Gasteiger partial charge in [0.2, 0.25) is 0 Å². The molecule has 0 saturated carbocycles. The van der Waals surface area contributed by atoms with E-state index >= 15 is 0 Å². The molecule has 2 N–H and O–H groups in total. The van der Waals surface area contributed by atoms with Crippen LogP contribution in [-0.2, 0) is 0 Å². The van der Waals surface area contributed by atoms with Gasteiger partial charge in [0, 0.05) is 12.6 Å². The van der Waals surface area contributed by atoms with Crippen molar-refractivity contribution in [3.63, 3.8) is 0 Å². The second kappa shape index (κ2) is 4.48. The highest BCUT2D eigenvalue weighted by Gasteiger charge is 2.13. The molecule has 1 unspecified atom stereocenters. The average Bonchev–Trinajstić information content (AvgIpc) is 2.11. The van der Waals surface area contributed by atoms with Gasteiger partial charge in [-0.3, -0.25) is 0 Å². The lowest BCUT2D eigenvalue weighted by molar-refractivity contribution is 0.176. The minimum Gasteiger partial charge on any atom is -0.387 e. The quantitative estimate of drug-likeness (QED) is 0.777. The van der Waals surface area contributed by atoms with Crippen molar-refractivity contribution < 1.29 is 13.9 Å². The first-order valence-corrected chi connectivity index (χ1v) is 4.34. The van der Waals surface area contributed by atoms with Crippen LogP contribution in [0.4, 0.5) is 8.78 Å². The van der Waals surface area contributed by atoms with Crippen molar-refractivity contribution in [2.45, 2.75) is 13.0 Å². The normalized spacial score (nSPS) is 12.9.